The quantitative estimate of drug-likeness (QED) is 0.875. The minimum atomic E-state index is 0.0390. The summed E-state index contributed by atoms with van der Waals surface area (Å²) in [5, 5.41) is 3.21. The van der Waals surface area contributed by atoms with Crippen LogP contribution in [0.5, 0.6) is 5.75 Å². The number of nitrogens with zero attached hydrogens (tertiary/aromatic N) is 1. The lowest BCUT2D eigenvalue weighted by atomic mass is 9.95. The topological polar surface area (TPSA) is 41.6 Å². The van der Waals surface area contributed by atoms with Crippen LogP contribution in [0.15, 0.2) is 24.3 Å². The van der Waals surface area contributed by atoms with Gasteiger partial charge in [0.15, 0.2) is 0 Å². The van der Waals surface area contributed by atoms with Crippen LogP contribution in [0.3, 0.4) is 0 Å². The van der Waals surface area contributed by atoms with Gasteiger partial charge in [-0.1, -0.05) is 32.9 Å². The first-order valence-corrected chi connectivity index (χ1v) is 8.65. The third-order valence-corrected chi connectivity index (χ3v) is 4.70. The molecule has 1 aromatic rings. The fraction of sp³-hybridized carbons (Fsp3) is 0.632. The molecule has 1 heterocycles. The van der Waals surface area contributed by atoms with Crippen LogP contribution in [0.25, 0.3) is 0 Å². The molecule has 0 radical (unpaired) electrons. The highest BCUT2D eigenvalue weighted by molar-refractivity contribution is 5.78. The van der Waals surface area contributed by atoms with Crippen LogP contribution < -0.4 is 10.1 Å². The highest BCUT2D eigenvalue weighted by Crippen LogP contribution is 2.24. The summed E-state index contributed by atoms with van der Waals surface area (Å²) in [5.41, 5.74) is 1.13. The van der Waals surface area contributed by atoms with E-state index in [2.05, 4.69) is 31.0 Å². The van der Waals surface area contributed by atoms with E-state index in [4.69, 9.17) is 4.74 Å². The summed E-state index contributed by atoms with van der Waals surface area (Å²) < 4.78 is 5.21. The molecule has 0 aliphatic carbocycles. The minimum absolute atomic E-state index is 0.0390. The summed E-state index contributed by atoms with van der Waals surface area (Å²) in [7, 11) is 1.66. The number of amides is 1. The molecule has 0 spiro atoms. The second-order valence-corrected chi connectivity index (χ2v) is 7.02. The molecule has 4 heteroatoms. The molecular formula is C19H30N2O2. The molecule has 1 aromatic carbocycles. The van der Waals surface area contributed by atoms with Crippen molar-refractivity contribution in [1.82, 2.24) is 10.2 Å². The molecule has 0 aromatic heterocycles. The second-order valence-electron chi connectivity index (χ2n) is 7.02. The number of ether oxygens (including phenoxy) is 1. The normalized spacial score (nSPS) is 18.0. The Hall–Kier alpha value is -1.55. The summed E-state index contributed by atoms with van der Waals surface area (Å²) in [4.78, 5) is 14.7. The van der Waals surface area contributed by atoms with Crippen molar-refractivity contribution in [3.8, 4) is 5.75 Å². The number of piperidine rings is 1. The predicted octanol–water partition coefficient (Wildman–Crippen LogP) is 3.24. The van der Waals surface area contributed by atoms with E-state index in [1.807, 2.05) is 24.3 Å². The molecule has 1 saturated heterocycles. The highest BCUT2D eigenvalue weighted by atomic mass is 16.5. The van der Waals surface area contributed by atoms with Crippen molar-refractivity contribution in [3.05, 3.63) is 29.8 Å². The zero-order chi connectivity index (χ0) is 16.8. The Balaban J connectivity index is 1.94. The molecule has 1 aliphatic rings. The molecule has 23 heavy (non-hydrogen) atoms. The highest BCUT2D eigenvalue weighted by Gasteiger charge is 2.22. The van der Waals surface area contributed by atoms with Gasteiger partial charge in [-0.2, -0.15) is 0 Å². The maximum absolute atomic E-state index is 12.4. The number of carbonyl (C=O) groups excluding carboxylic acids is 1. The fourth-order valence-corrected chi connectivity index (χ4v) is 3.09. The van der Waals surface area contributed by atoms with Gasteiger partial charge < -0.3 is 10.1 Å². The maximum Gasteiger partial charge on any atom is 0.234 e. The number of hydrogen-bond donors (Lipinski definition) is 1. The van der Waals surface area contributed by atoms with Crippen LogP contribution in [-0.2, 0) is 4.79 Å². The molecular weight excluding hydrogens is 288 g/mol. The van der Waals surface area contributed by atoms with E-state index in [-0.39, 0.29) is 11.9 Å². The van der Waals surface area contributed by atoms with Crippen LogP contribution in [0.4, 0.5) is 0 Å². The van der Waals surface area contributed by atoms with Gasteiger partial charge in [-0.3, -0.25) is 9.69 Å². The first-order chi connectivity index (χ1) is 11.0. The lowest BCUT2D eigenvalue weighted by molar-refractivity contribution is -0.123. The summed E-state index contributed by atoms with van der Waals surface area (Å²) in [5.74, 6) is 2.09. The lowest BCUT2D eigenvalue weighted by Crippen LogP contribution is -2.43. The van der Waals surface area contributed by atoms with Crippen molar-refractivity contribution in [1.29, 1.82) is 0 Å². The molecule has 1 N–H and O–H groups in total. The Morgan fingerprint density at radius 1 is 1.26 bits per heavy atom. The van der Waals surface area contributed by atoms with E-state index in [1.165, 1.54) is 12.8 Å². The molecule has 2 rings (SSSR count). The smallest absolute Gasteiger partial charge is 0.234 e. The van der Waals surface area contributed by atoms with Crippen molar-refractivity contribution in [2.45, 2.75) is 39.7 Å². The van der Waals surface area contributed by atoms with E-state index in [0.29, 0.717) is 12.5 Å². The van der Waals surface area contributed by atoms with Gasteiger partial charge in [0.1, 0.15) is 5.75 Å². The van der Waals surface area contributed by atoms with E-state index < -0.39 is 0 Å². The molecule has 0 bridgehead atoms. The SMILES string of the molecule is COc1ccc(C(NC(=O)CN2CCC(C)CC2)C(C)C)cc1. The molecule has 1 unspecified atom stereocenters. The van der Waals surface area contributed by atoms with Crippen LogP contribution in [-0.4, -0.2) is 37.6 Å². The molecule has 1 fully saturated rings. The number of hydrogen-bond acceptors (Lipinski definition) is 3. The molecule has 0 saturated carbocycles. The minimum Gasteiger partial charge on any atom is -0.497 e. The van der Waals surface area contributed by atoms with Crippen LogP contribution in [0.2, 0.25) is 0 Å². The van der Waals surface area contributed by atoms with Gasteiger partial charge in [-0.15, -0.1) is 0 Å². The largest absolute Gasteiger partial charge is 0.497 e. The molecule has 1 aliphatic heterocycles. The summed E-state index contributed by atoms with van der Waals surface area (Å²) in [6.07, 6.45) is 2.39. The zero-order valence-corrected chi connectivity index (χ0v) is 14.8. The first-order valence-electron chi connectivity index (χ1n) is 8.65. The Morgan fingerprint density at radius 3 is 2.39 bits per heavy atom. The standard InChI is InChI=1S/C19H30N2O2/c1-14(2)19(16-5-7-17(23-4)8-6-16)20-18(22)13-21-11-9-15(3)10-12-21/h5-8,14-15,19H,9-13H2,1-4H3,(H,20,22). The molecule has 4 nitrogen and oxygen atoms in total. The number of nitrogens with one attached hydrogen (secondary N) is 1. The average molecular weight is 318 g/mol. The van der Waals surface area contributed by atoms with Gasteiger partial charge in [0.05, 0.1) is 19.7 Å². The maximum atomic E-state index is 12.4. The number of likely N-dealkylation sites (tertiary alicyclic amines) is 1. The molecule has 1 atom stereocenters. The molecule has 128 valence electrons. The van der Waals surface area contributed by atoms with E-state index in [1.54, 1.807) is 7.11 Å². The van der Waals surface area contributed by atoms with Crippen molar-refractivity contribution in [2.75, 3.05) is 26.7 Å². The summed E-state index contributed by atoms with van der Waals surface area (Å²) in [6.45, 7) is 9.13. The number of carbonyl (C=O) groups is 1. The van der Waals surface area contributed by atoms with Crippen molar-refractivity contribution >= 4 is 5.91 Å². The third-order valence-electron chi connectivity index (χ3n) is 4.70. The molecule has 1 amide bonds. The summed E-state index contributed by atoms with van der Waals surface area (Å²) in [6, 6.07) is 8.00. The predicted molar refractivity (Wildman–Crippen MR) is 93.6 cm³/mol. The average Bonchev–Trinajstić information content (AvgIpc) is 2.55. The monoisotopic (exact) mass is 318 g/mol. The van der Waals surface area contributed by atoms with Crippen LogP contribution in [0.1, 0.15) is 45.2 Å². The Kier molecular flexibility index (Phi) is 6.46. The van der Waals surface area contributed by atoms with E-state index in [9.17, 15) is 4.79 Å². The summed E-state index contributed by atoms with van der Waals surface area (Å²) >= 11 is 0. The van der Waals surface area contributed by atoms with E-state index in [0.717, 1.165) is 30.3 Å². The lowest BCUT2D eigenvalue weighted by Gasteiger charge is -2.30. The Labute approximate surface area is 140 Å². The van der Waals surface area contributed by atoms with Crippen molar-refractivity contribution in [2.24, 2.45) is 11.8 Å². The van der Waals surface area contributed by atoms with Crippen LogP contribution in [0, 0.1) is 11.8 Å². The van der Waals surface area contributed by atoms with Gasteiger partial charge in [-0.25, -0.2) is 0 Å². The van der Waals surface area contributed by atoms with E-state index >= 15 is 0 Å². The number of benzene rings is 1. The number of methoxy groups -OCH3 is 1. The van der Waals surface area contributed by atoms with Crippen molar-refractivity contribution in [3.63, 3.8) is 0 Å². The second kappa shape index (κ2) is 8.34. The zero-order valence-electron chi connectivity index (χ0n) is 14.8. The first kappa shape index (κ1) is 17.8. The van der Waals surface area contributed by atoms with Gasteiger partial charge in [0, 0.05) is 0 Å². The van der Waals surface area contributed by atoms with Gasteiger partial charge in [0.25, 0.3) is 0 Å². The Bertz CT molecular complexity index is 491. The van der Waals surface area contributed by atoms with Gasteiger partial charge in [-0.05, 0) is 55.5 Å². The van der Waals surface area contributed by atoms with Gasteiger partial charge in [0.2, 0.25) is 5.91 Å². The van der Waals surface area contributed by atoms with Gasteiger partial charge >= 0.3 is 0 Å². The third kappa shape index (κ3) is 5.24. The Morgan fingerprint density at radius 2 is 1.87 bits per heavy atom. The fourth-order valence-electron chi connectivity index (χ4n) is 3.09. The number of rotatable bonds is 6. The van der Waals surface area contributed by atoms with Crippen molar-refractivity contribution < 1.29 is 9.53 Å². The van der Waals surface area contributed by atoms with Crippen LogP contribution >= 0.6 is 0 Å².